The number of nitrogens with two attached hydrogens (primary N) is 1. The van der Waals surface area contributed by atoms with Crippen LogP contribution in [0, 0.1) is 0 Å². The van der Waals surface area contributed by atoms with Crippen molar-refractivity contribution in [1.29, 1.82) is 0 Å². The molecule has 1 aromatic carbocycles. The molecule has 5 nitrogen and oxygen atoms in total. The van der Waals surface area contributed by atoms with E-state index in [1.54, 1.807) is 6.92 Å². The van der Waals surface area contributed by atoms with E-state index in [1.807, 2.05) is 41.8 Å². The fraction of sp³-hybridized carbons (Fsp3) is 0.308. The monoisotopic (exact) mass is 276 g/mol. The molecule has 2 N–H and O–H groups in total. The molecule has 1 heterocycles. The minimum absolute atomic E-state index is 0.321. The number of nitrogens with zero attached hydrogens (tertiary/aromatic N) is 3. The van der Waals surface area contributed by atoms with Crippen molar-refractivity contribution >= 4 is 17.7 Å². The van der Waals surface area contributed by atoms with Gasteiger partial charge in [-0.3, -0.25) is 4.79 Å². The summed E-state index contributed by atoms with van der Waals surface area (Å²) in [6.45, 7) is 4.53. The number of hydrogen-bond acceptors (Lipinski definition) is 4. The molecule has 0 fully saturated rings. The normalized spacial score (nSPS) is 12.3. The Kier molecular flexibility index (Phi) is 4.21. The first-order valence-electron chi connectivity index (χ1n) is 6.08. The number of hydrogen-bond donors (Lipinski definition) is 1. The number of primary amides is 1. The molecule has 0 spiro atoms. The maximum atomic E-state index is 11.1. The Bertz CT molecular complexity index is 567. The minimum Gasteiger partial charge on any atom is -0.369 e. The molecule has 1 atom stereocenters. The first-order valence-corrected chi connectivity index (χ1v) is 6.96. The number of amides is 1. The molecule has 100 valence electrons. The molecule has 0 saturated carbocycles. The lowest BCUT2D eigenvalue weighted by molar-refractivity contribution is -0.117. The molecule has 0 radical (unpaired) electrons. The van der Waals surface area contributed by atoms with Gasteiger partial charge in [0, 0.05) is 12.1 Å². The number of aromatic nitrogens is 3. The summed E-state index contributed by atoms with van der Waals surface area (Å²) in [7, 11) is 0. The van der Waals surface area contributed by atoms with Crippen LogP contribution in [0.1, 0.15) is 13.8 Å². The Hall–Kier alpha value is -1.82. The highest BCUT2D eigenvalue weighted by atomic mass is 32.2. The highest BCUT2D eigenvalue weighted by molar-refractivity contribution is 8.00. The molecule has 1 amide bonds. The molecule has 0 unspecified atom stereocenters. The molecule has 0 aliphatic heterocycles. The van der Waals surface area contributed by atoms with Gasteiger partial charge in [-0.1, -0.05) is 42.1 Å². The van der Waals surface area contributed by atoms with Crippen LogP contribution in [-0.4, -0.2) is 25.9 Å². The van der Waals surface area contributed by atoms with Crippen molar-refractivity contribution in [3.63, 3.8) is 0 Å². The van der Waals surface area contributed by atoms with Crippen LogP contribution in [0.5, 0.6) is 0 Å². The predicted octanol–water partition coefficient (Wildman–Crippen LogP) is 1.93. The quantitative estimate of drug-likeness (QED) is 0.847. The molecule has 19 heavy (non-hydrogen) atoms. The van der Waals surface area contributed by atoms with Gasteiger partial charge in [0.2, 0.25) is 5.91 Å². The van der Waals surface area contributed by atoms with Crippen LogP contribution in [-0.2, 0) is 11.3 Å². The van der Waals surface area contributed by atoms with Crippen LogP contribution in [0.25, 0.3) is 11.4 Å². The van der Waals surface area contributed by atoms with Gasteiger partial charge >= 0.3 is 0 Å². The van der Waals surface area contributed by atoms with E-state index in [4.69, 9.17) is 5.73 Å². The van der Waals surface area contributed by atoms with Crippen molar-refractivity contribution in [2.45, 2.75) is 30.8 Å². The number of thioether (sulfide) groups is 1. The Morgan fingerprint density at radius 2 is 2.05 bits per heavy atom. The third kappa shape index (κ3) is 2.96. The Morgan fingerprint density at radius 3 is 2.63 bits per heavy atom. The summed E-state index contributed by atoms with van der Waals surface area (Å²) < 4.78 is 1.99. The van der Waals surface area contributed by atoms with Gasteiger partial charge in [-0.25, -0.2) is 0 Å². The second kappa shape index (κ2) is 5.88. The van der Waals surface area contributed by atoms with Crippen molar-refractivity contribution in [1.82, 2.24) is 14.8 Å². The smallest absolute Gasteiger partial charge is 0.230 e. The van der Waals surface area contributed by atoms with Crippen molar-refractivity contribution in [2.75, 3.05) is 0 Å². The van der Waals surface area contributed by atoms with Gasteiger partial charge in [0.05, 0.1) is 5.25 Å². The summed E-state index contributed by atoms with van der Waals surface area (Å²) in [6.07, 6.45) is 0. The Morgan fingerprint density at radius 1 is 1.37 bits per heavy atom. The lowest BCUT2D eigenvalue weighted by atomic mass is 10.2. The zero-order valence-corrected chi connectivity index (χ0v) is 11.7. The van der Waals surface area contributed by atoms with Gasteiger partial charge in [0.1, 0.15) is 0 Å². The van der Waals surface area contributed by atoms with E-state index < -0.39 is 0 Å². The predicted molar refractivity (Wildman–Crippen MR) is 75.6 cm³/mol. The highest BCUT2D eigenvalue weighted by Gasteiger charge is 2.18. The summed E-state index contributed by atoms with van der Waals surface area (Å²) in [5, 5.41) is 8.76. The molecular formula is C13H16N4OS. The number of carbonyl (C=O) groups excluding carboxylic acids is 1. The van der Waals surface area contributed by atoms with Crippen molar-refractivity contribution in [3.05, 3.63) is 30.3 Å². The van der Waals surface area contributed by atoms with Gasteiger partial charge in [-0.15, -0.1) is 10.2 Å². The molecular weight excluding hydrogens is 260 g/mol. The van der Waals surface area contributed by atoms with E-state index in [1.165, 1.54) is 11.8 Å². The van der Waals surface area contributed by atoms with E-state index in [0.29, 0.717) is 5.16 Å². The van der Waals surface area contributed by atoms with Crippen LogP contribution >= 0.6 is 11.8 Å². The first kappa shape index (κ1) is 13.6. The van der Waals surface area contributed by atoms with Crippen LogP contribution in [0.3, 0.4) is 0 Å². The molecule has 6 heteroatoms. The average molecular weight is 276 g/mol. The van der Waals surface area contributed by atoms with Crippen molar-refractivity contribution in [2.24, 2.45) is 5.73 Å². The standard InChI is InChI=1S/C13H16N4OS/c1-3-17-12(10-7-5-4-6-8-10)15-16-13(17)19-9(2)11(14)18/h4-9H,3H2,1-2H3,(H2,14,18)/t9-/m1/s1. The van der Waals surface area contributed by atoms with Gasteiger partial charge in [0.25, 0.3) is 0 Å². The van der Waals surface area contributed by atoms with Gasteiger partial charge in [0.15, 0.2) is 11.0 Å². The van der Waals surface area contributed by atoms with E-state index in [-0.39, 0.29) is 11.2 Å². The van der Waals surface area contributed by atoms with Gasteiger partial charge < -0.3 is 10.3 Å². The highest BCUT2D eigenvalue weighted by Crippen LogP contribution is 2.26. The lowest BCUT2D eigenvalue weighted by Crippen LogP contribution is -2.23. The third-order valence-electron chi connectivity index (χ3n) is 2.75. The molecule has 0 aliphatic carbocycles. The van der Waals surface area contributed by atoms with Gasteiger partial charge in [-0.05, 0) is 13.8 Å². The number of benzene rings is 1. The maximum Gasteiger partial charge on any atom is 0.230 e. The van der Waals surface area contributed by atoms with Crippen LogP contribution in [0.2, 0.25) is 0 Å². The molecule has 2 rings (SSSR count). The fourth-order valence-electron chi connectivity index (χ4n) is 1.68. The maximum absolute atomic E-state index is 11.1. The van der Waals surface area contributed by atoms with E-state index in [2.05, 4.69) is 10.2 Å². The molecule has 0 saturated heterocycles. The van der Waals surface area contributed by atoms with Crippen molar-refractivity contribution in [3.8, 4) is 11.4 Å². The summed E-state index contributed by atoms with van der Waals surface area (Å²) in [5.74, 6) is 0.458. The van der Waals surface area contributed by atoms with Gasteiger partial charge in [-0.2, -0.15) is 0 Å². The largest absolute Gasteiger partial charge is 0.369 e. The third-order valence-corrected chi connectivity index (χ3v) is 3.85. The second-order valence-electron chi connectivity index (χ2n) is 4.08. The van der Waals surface area contributed by atoms with Crippen LogP contribution < -0.4 is 5.73 Å². The summed E-state index contributed by atoms with van der Waals surface area (Å²) in [4.78, 5) is 11.1. The summed E-state index contributed by atoms with van der Waals surface area (Å²) in [6, 6.07) is 9.86. The second-order valence-corrected chi connectivity index (χ2v) is 5.39. The zero-order valence-electron chi connectivity index (χ0n) is 10.9. The van der Waals surface area contributed by atoms with Crippen LogP contribution in [0.4, 0.5) is 0 Å². The van der Waals surface area contributed by atoms with Crippen LogP contribution in [0.15, 0.2) is 35.5 Å². The summed E-state index contributed by atoms with van der Waals surface area (Å²) >= 11 is 1.33. The molecule has 0 bridgehead atoms. The lowest BCUT2D eigenvalue weighted by Gasteiger charge is -2.09. The van der Waals surface area contributed by atoms with E-state index in [0.717, 1.165) is 17.9 Å². The van der Waals surface area contributed by atoms with E-state index >= 15 is 0 Å². The Balaban J connectivity index is 2.33. The molecule has 2 aromatic rings. The summed E-state index contributed by atoms with van der Waals surface area (Å²) in [5.41, 5.74) is 6.29. The fourth-order valence-corrected chi connectivity index (χ4v) is 2.54. The molecule has 1 aromatic heterocycles. The topological polar surface area (TPSA) is 73.8 Å². The SMILES string of the molecule is CCn1c(S[C@H](C)C(N)=O)nnc1-c1ccccc1. The first-order chi connectivity index (χ1) is 9.13. The number of rotatable bonds is 5. The number of carbonyl (C=O) groups is 1. The Labute approximate surface area is 116 Å². The minimum atomic E-state index is -0.350. The zero-order chi connectivity index (χ0) is 13.8. The van der Waals surface area contributed by atoms with E-state index in [9.17, 15) is 4.79 Å². The molecule has 0 aliphatic rings. The van der Waals surface area contributed by atoms with Crippen molar-refractivity contribution < 1.29 is 4.79 Å². The average Bonchev–Trinajstić information content (AvgIpc) is 2.82.